The summed E-state index contributed by atoms with van der Waals surface area (Å²) < 4.78 is 10.9. The van der Waals surface area contributed by atoms with Gasteiger partial charge in [-0.2, -0.15) is 0 Å². The number of hydrogen-bond acceptors (Lipinski definition) is 6. The lowest BCUT2D eigenvalue weighted by Gasteiger charge is -2.21. The third kappa shape index (κ3) is 2.98. The number of nitro groups is 1. The summed E-state index contributed by atoms with van der Waals surface area (Å²) in [6.45, 7) is 3.64. The van der Waals surface area contributed by atoms with Crippen LogP contribution < -0.4 is 9.47 Å². The highest BCUT2D eigenvalue weighted by Crippen LogP contribution is 2.37. The Morgan fingerprint density at radius 2 is 2.17 bits per heavy atom. The van der Waals surface area contributed by atoms with E-state index in [0.29, 0.717) is 23.5 Å². The number of pyridine rings is 1. The summed E-state index contributed by atoms with van der Waals surface area (Å²) in [6.07, 6.45) is 1.50. The van der Waals surface area contributed by atoms with Crippen LogP contribution in [0.5, 0.6) is 17.4 Å². The molecule has 1 aliphatic rings. The summed E-state index contributed by atoms with van der Waals surface area (Å²) in [7, 11) is 0. The van der Waals surface area contributed by atoms with E-state index < -0.39 is 4.92 Å². The molecule has 0 amide bonds. The first-order chi connectivity index (χ1) is 10.9. The van der Waals surface area contributed by atoms with E-state index in [0.717, 1.165) is 11.8 Å². The van der Waals surface area contributed by atoms with Gasteiger partial charge >= 0.3 is 5.97 Å². The van der Waals surface area contributed by atoms with Crippen LogP contribution in [0.4, 0.5) is 5.69 Å². The van der Waals surface area contributed by atoms with Crippen molar-refractivity contribution in [3.05, 3.63) is 51.7 Å². The quantitative estimate of drug-likeness (QED) is 0.372. The van der Waals surface area contributed by atoms with Gasteiger partial charge in [0, 0.05) is 17.7 Å². The molecule has 1 aromatic carbocycles. The molecule has 2 aromatic rings. The van der Waals surface area contributed by atoms with E-state index in [1.807, 2.05) is 13.0 Å². The molecule has 118 valence electrons. The molecule has 1 aliphatic heterocycles. The first-order valence-corrected chi connectivity index (χ1v) is 7.07. The zero-order chi connectivity index (χ0) is 16.6. The normalized spacial score (nSPS) is 16.4. The third-order valence-corrected chi connectivity index (χ3v) is 3.65. The average molecular weight is 314 g/mol. The standard InChI is InChI=1S/C16H14N2O5/c1-9-6-15(19)23-14-7-12(3-4-13(9)14)22-16-10(2)5-11(8-17-16)18(20)21/h3-5,7-9H,6H2,1-2H3. The molecular formula is C16H14N2O5. The van der Waals surface area contributed by atoms with E-state index in [-0.39, 0.29) is 23.5 Å². The van der Waals surface area contributed by atoms with E-state index in [4.69, 9.17) is 9.47 Å². The number of carbonyl (C=O) groups is 1. The molecule has 0 radical (unpaired) electrons. The summed E-state index contributed by atoms with van der Waals surface area (Å²) in [5, 5.41) is 10.7. The molecular weight excluding hydrogens is 300 g/mol. The average Bonchev–Trinajstić information content (AvgIpc) is 2.48. The topological polar surface area (TPSA) is 91.6 Å². The Kier molecular flexibility index (Phi) is 3.69. The van der Waals surface area contributed by atoms with Gasteiger partial charge in [-0.3, -0.25) is 14.9 Å². The minimum absolute atomic E-state index is 0.0944. The molecule has 1 atom stereocenters. The maximum absolute atomic E-state index is 11.5. The number of nitrogens with zero attached hydrogens (tertiary/aromatic N) is 2. The highest BCUT2D eigenvalue weighted by atomic mass is 16.6. The zero-order valence-electron chi connectivity index (χ0n) is 12.6. The number of aryl methyl sites for hydroxylation is 1. The minimum Gasteiger partial charge on any atom is -0.439 e. The highest BCUT2D eigenvalue weighted by Gasteiger charge is 2.24. The Morgan fingerprint density at radius 3 is 2.87 bits per heavy atom. The van der Waals surface area contributed by atoms with Crippen LogP contribution in [-0.2, 0) is 4.79 Å². The highest BCUT2D eigenvalue weighted by molar-refractivity contribution is 5.76. The van der Waals surface area contributed by atoms with Crippen molar-refractivity contribution < 1.29 is 19.2 Å². The smallest absolute Gasteiger partial charge is 0.311 e. The largest absolute Gasteiger partial charge is 0.439 e. The van der Waals surface area contributed by atoms with Crippen LogP contribution in [-0.4, -0.2) is 15.9 Å². The Balaban J connectivity index is 1.88. The predicted molar refractivity (Wildman–Crippen MR) is 80.8 cm³/mol. The maximum Gasteiger partial charge on any atom is 0.311 e. The summed E-state index contributed by atoms with van der Waals surface area (Å²) in [6, 6.07) is 6.63. The molecule has 7 heteroatoms. The summed E-state index contributed by atoms with van der Waals surface area (Å²) in [5.41, 5.74) is 1.40. The molecule has 0 spiro atoms. The van der Waals surface area contributed by atoms with Crippen molar-refractivity contribution in [3.63, 3.8) is 0 Å². The van der Waals surface area contributed by atoms with Crippen molar-refractivity contribution in [1.29, 1.82) is 0 Å². The second-order valence-electron chi connectivity index (χ2n) is 5.45. The van der Waals surface area contributed by atoms with Crippen LogP contribution >= 0.6 is 0 Å². The molecule has 1 aromatic heterocycles. The van der Waals surface area contributed by atoms with Crippen LogP contribution in [0.15, 0.2) is 30.5 Å². The van der Waals surface area contributed by atoms with E-state index >= 15 is 0 Å². The number of aromatic nitrogens is 1. The van der Waals surface area contributed by atoms with Gasteiger partial charge in [0.2, 0.25) is 5.88 Å². The van der Waals surface area contributed by atoms with Gasteiger partial charge in [-0.25, -0.2) is 4.98 Å². The summed E-state index contributed by atoms with van der Waals surface area (Å²) in [5.74, 6) is 1.03. The SMILES string of the molecule is Cc1cc([N+](=O)[O-])cnc1Oc1ccc2c(c1)OC(=O)CC2C. The lowest BCUT2D eigenvalue weighted by Crippen LogP contribution is -2.18. The number of ether oxygens (including phenoxy) is 2. The fraction of sp³-hybridized carbons (Fsp3) is 0.250. The van der Waals surface area contributed by atoms with Crippen LogP contribution in [0, 0.1) is 17.0 Å². The van der Waals surface area contributed by atoms with E-state index in [1.165, 1.54) is 6.07 Å². The van der Waals surface area contributed by atoms with Crippen molar-refractivity contribution in [3.8, 4) is 17.4 Å². The van der Waals surface area contributed by atoms with Crippen molar-refractivity contribution in [1.82, 2.24) is 4.98 Å². The predicted octanol–water partition coefficient (Wildman–Crippen LogP) is 3.50. The maximum atomic E-state index is 11.5. The first kappa shape index (κ1) is 15.0. The molecule has 0 saturated carbocycles. The molecule has 2 heterocycles. The first-order valence-electron chi connectivity index (χ1n) is 7.07. The number of benzene rings is 1. The van der Waals surface area contributed by atoms with Gasteiger partial charge in [0.1, 0.15) is 17.7 Å². The molecule has 23 heavy (non-hydrogen) atoms. The number of rotatable bonds is 3. The van der Waals surface area contributed by atoms with Gasteiger partial charge in [-0.1, -0.05) is 13.0 Å². The Bertz CT molecular complexity index is 803. The Labute approximate surface area is 132 Å². The molecule has 1 unspecified atom stereocenters. The molecule has 0 aliphatic carbocycles. The second-order valence-corrected chi connectivity index (χ2v) is 5.45. The van der Waals surface area contributed by atoms with E-state index in [9.17, 15) is 14.9 Å². The molecule has 0 saturated heterocycles. The second kappa shape index (κ2) is 5.68. The van der Waals surface area contributed by atoms with Crippen LogP contribution in [0.3, 0.4) is 0 Å². The number of hydrogen-bond donors (Lipinski definition) is 0. The van der Waals surface area contributed by atoms with Gasteiger partial charge in [-0.15, -0.1) is 0 Å². The van der Waals surface area contributed by atoms with Gasteiger partial charge in [-0.05, 0) is 24.5 Å². The van der Waals surface area contributed by atoms with Gasteiger partial charge in [0.15, 0.2) is 0 Å². The van der Waals surface area contributed by atoms with Crippen molar-refractivity contribution in [2.24, 2.45) is 0 Å². The molecule has 0 bridgehead atoms. The molecule has 0 N–H and O–H groups in total. The lowest BCUT2D eigenvalue weighted by atomic mass is 9.95. The van der Waals surface area contributed by atoms with E-state index in [2.05, 4.69) is 4.98 Å². The third-order valence-electron chi connectivity index (χ3n) is 3.65. The number of carbonyl (C=O) groups excluding carboxylic acids is 1. The Morgan fingerprint density at radius 1 is 1.39 bits per heavy atom. The molecule has 3 rings (SSSR count). The molecule has 0 fully saturated rings. The van der Waals surface area contributed by atoms with Crippen LogP contribution in [0.2, 0.25) is 0 Å². The number of esters is 1. The summed E-state index contributed by atoms with van der Waals surface area (Å²) >= 11 is 0. The van der Waals surface area contributed by atoms with Crippen molar-refractivity contribution in [2.75, 3.05) is 0 Å². The van der Waals surface area contributed by atoms with Crippen molar-refractivity contribution in [2.45, 2.75) is 26.2 Å². The van der Waals surface area contributed by atoms with Gasteiger partial charge in [0.05, 0.1) is 11.3 Å². The monoisotopic (exact) mass is 314 g/mol. The van der Waals surface area contributed by atoms with Crippen LogP contribution in [0.1, 0.15) is 30.4 Å². The van der Waals surface area contributed by atoms with Crippen molar-refractivity contribution >= 4 is 11.7 Å². The minimum atomic E-state index is -0.510. The molecule has 7 nitrogen and oxygen atoms in total. The van der Waals surface area contributed by atoms with E-state index in [1.54, 1.807) is 19.1 Å². The van der Waals surface area contributed by atoms with Crippen LogP contribution in [0.25, 0.3) is 0 Å². The fourth-order valence-corrected chi connectivity index (χ4v) is 2.46. The number of fused-ring (bicyclic) bond motifs is 1. The lowest BCUT2D eigenvalue weighted by molar-refractivity contribution is -0.385. The Hall–Kier alpha value is -2.96. The summed E-state index contributed by atoms with van der Waals surface area (Å²) in [4.78, 5) is 25.7. The van der Waals surface area contributed by atoms with Gasteiger partial charge < -0.3 is 9.47 Å². The zero-order valence-corrected chi connectivity index (χ0v) is 12.6. The fourth-order valence-electron chi connectivity index (χ4n) is 2.46. The van der Waals surface area contributed by atoms with Gasteiger partial charge in [0.25, 0.3) is 5.69 Å².